The Labute approximate surface area is 98.8 Å². The van der Waals surface area contributed by atoms with Gasteiger partial charge in [-0.3, -0.25) is 4.79 Å². The highest BCUT2D eigenvalue weighted by molar-refractivity contribution is 5.96. The summed E-state index contributed by atoms with van der Waals surface area (Å²) in [5.41, 5.74) is -0.730. The number of ether oxygens (including phenoxy) is 2. The fourth-order valence-electron chi connectivity index (χ4n) is 1.85. The summed E-state index contributed by atoms with van der Waals surface area (Å²) in [5, 5.41) is 0. The van der Waals surface area contributed by atoms with E-state index in [0.29, 0.717) is 5.56 Å². The number of rotatable bonds is 2. The third kappa shape index (κ3) is 1.93. The zero-order valence-corrected chi connectivity index (χ0v) is 9.38. The van der Waals surface area contributed by atoms with Crippen molar-refractivity contribution in [3.05, 3.63) is 48.2 Å². The molecule has 0 saturated carbocycles. The molecule has 0 amide bonds. The van der Waals surface area contributed by atoms with E-state index in [4.69, 9.17) is 9.47 Å². The topological polar surface area (TPSA) is 52.6 Å². The summed E-state index contributed by atoms with van der Waals surface area (Å²) in [5.74, 6) is -0.730. The van der Waals surface area contributed by atoms with Gasteiger partial charge in [0.15, 0.2) is 5.78 Å². The lowest BCUT2D eigenvalue weighted by atomic mass is 9.87. The van der Waals surface area contributed by atoms with Crippen molar-refractivity contribution < 1.29 is 19.1 Å². The summed E-state index contributed by atoms with van der Waals surface area (Å²) >= 11 is 0. The minimum Gasteiger partial charge on any atom is -0.478 e. The molecule has 1 heterocycles. The normalized spacial score (nSPS) is 23.0. The van der Waals surface area contributed by atoms with Crippen molar-refractivity contribution >= 4 is 11.8 Å². The molecule has 0 aliphatic carbocycles. The molecule has 17 heavy (non-hydrogen) atoms. The van der Waals surface area contributed by atoms with Gasteiger partial charge in [0, 0.05) is 11.6 Å². The molecule has 0 saturated heterocycles. The van der Waals surface area contributed by atoms with Crippen LogP contribution in [0.3, 0.4) is 0 Å². The number of hydrogen-bond donors (Lipinski definition) is 0. The highest BCUT2D eigenvalue weighted by atomic mass is 16.6. The zero-order chi connectivity index (χ0) is 12.3. The third-order valence-electron chi connectivity index (χ3n) is 2.70. The second-order valence-electron chi connectivity index (χ2n) is 3.75. The van der Waals surface area contributed by atoms with Crippen LogP contribution < -0.4 is 0 Å². The van der Waals surface area contributed by atoms with Gasteiger partial charge in [-0.05, 0) is 0 Å². The first kappa shape index (κ1) is 11.4. The Morgan fingerprint density at radius 3 is 2.65 bits per heavy atom. The Morgan fingerprint density at radius 2 is 2.06 bits per heavy atom. The molecule has 1 aliphatic rings. The maximum atomic E-state index is 11.9. The predicted octanol–water partition coefficient (Wildman–Crippen LogP) is 1.56. The van der Waals surface area contributed by atoms with Crippen LogP contribution in [0.2, 0.25) is 0 Å². The van der Waals surface area contributed by atoms with Gasteiger partial charge in [0.1, 0.15) is 0 Å². The highest BCUT2D eigenvalue weighted by Gasteiger charge is 2.46. The Kier molecular flexibility index (Phi) is 2.95. The molecule has 0 bridgehead atoms. The standard InChI is InChI=1S/C13H12O4/c1-16-12(15)13(9-11(14)7-8-17-13)10-5-3-2-4-6-10/h2-8H,9H2,1H3/t13-/m1/s1. The van der Waals surface area contributed by atoms with Crippen molar-refractivity contribution in [3.63, 3.8) is 0 Å². The van der Waals surface area contributed by atoms with Gasteiger partial charge in [-0.1, -0.05) is 30.3 Å². The highest BCUT2D eigenvalue weighted by Crippen LogP contribution is 2.34. The number of esters is 1. The molecule has 2 rings (SSSR count). The van der Waals surface area contributed by atoms with E-state index in [9.17, 15) is 9.59 Å². The van der Waals surface area contributed by atoms with Gasteiger partial charge in [0.2, 0.25) is 5.60 Å². The fraction of sp³-hybridized carbons (Fsp3) is 0.231. The van der Waals surface area contributed by atoms with Crippen molar-refractivity contribution in [3.8, 4) is 0 Å². The SMILES string of the molecule is COC(=O)[C@]1(c2ccccc2)CC(=O)C=CO1. The van der Waals surface area contributed by atoms with Gasteiger partial charge in [0.05, 0.1) is 19.8 Å². The molecule has 4 nitrogen and oxygen atoms in total. The third-order valence-corrected chi connectivity index (χ3v) is 2.70. The van der Waals surface area contributed by atoms with Crippen LogP contribution in [0.25, 0.3) is 0 Å². The van der Waals surface area contributed by atoms with Crippen LogP contribution in [0.15, 0.2) is 42.7 Å². The zero-order valence-electron chi connectivity index (χ0n) is 9.38. The maximum absolute atomic E-state index is 11.9. The number of benzene rings is 1. The molecule has 0 N–H and O–H groups in total. The molecule has 1 aliphatic heterocycles. The second-order valence-corrected chi connectivity index (χ2v) is 3.75. The van der Waals surface area contributed by atoms with Gasteiger partial charge < -0.3 is 9.47 Å². The molecular weight excluding hydrogens is 220 g/mol. The van der Waals surface area contributed by atoms with Crippen LogP contribution in [0.4, 0.5) is 0 Å². The lowest BCUT2D eigenvalue weighted by Crippen LogP contribution is -2.42. The van der Waals surface area contributed by atoms with Crippen molar-refractivity contribution in [1.29, 1.82) is 0 Å². The molecule has 1 aromatic carbocycles. The minimum absolute atomic E-state index is 0.0415. The molecule has 0 unspecified atom stereocenters. The van der Waals surface area contributed by atoms with Crippen molar-refractivity contribution in [1.82, 2.24) is 0 Å². The Balaban J connectivity index is 2.48. The Bertz CT molecular complexity index is 464. The Morgan fingerprint density at radius 1 is 1.35 bits per heavy atom. The van der Waals surface area contributed by atoms with Crippen molar-refractivity contribution in [2.75, 3.05) is 7.11 Å². The second kappa shape index (κ2) is 4.41. The van der Waals surface area contributed by atoms with E-state index >= 15 is 0 Å². The summed E-state index contributed by atoms with van der Waals surface area (Å²) in [6.07, 6.45) is 2.51. The minimum atomic E-state index is -1.35. The van der Waals surface area contributed by atoms with Crippen LogP contribution in [0.1, 0.15) is 12.0 Å². The van der Waals surface area contributed by atoms with Crippen molar-refractivity contribution in [2.45, 2.75) is 12.0 Å². The number of methoxy groups -OCH3 is 1. The molecule has 88 valence electrons. The van der Waals surface area contributed by atoms with Crippen molar-refractivity contribution in [2.24, 2.45) is 0 Å². The molecule has 4 heteroatoms. The van der Waals surface area contributed by atoms with E-state index < -0.39 is 11.6 Å². The summed E-state index contributed by atoms with van der Waals surface area (Å²) in [7, 11) is 1.28. The number of carbonyl (C=O) groups excluding carboxylic acids is 2. The van der Waals surface area contributed by atoms with E-state index in [-0.39, 0.29) is 12.2 Å². The molecule has 0 spiro atoms. The fourth-order valence-corrected chi connectivity index (χ4v) is 1.85. The monoisotopic (exact) mass is 232 g/mol. The molecule has 0 fully saturated rings. The number of ketones is 1. The van der Waals surface area contributed by atoms with E-state index in [1.165, 1.54) is 19.4 Å². The van der Waals surface area contributed by atoms with E-state index in [0.717, 1.165) is 0 Å². The lowest BCUT2D eigenvalue weighted by Gasteiger charge is -2.31. The lowest BCUT2D eigenvalue weighted by molar-refractivity contribution is -0.168. The quantitative estimate of drug-likeness (QED) is 0.726. The average molecular weight is 232 g/mol. The van der Waals surface area contributed by atoms with E-state index in [1.54, 1.807) is 24.3 Å². The van der Waals surface area contributed by atoms with Crippen LogP contribution in [-0.2, 0) is 24.7 Å². The summed E-state index contributed by atoms with van der Waals surface area (Å²) in [6, 6.07) is 8.88. The summed E-state index contributed by atoms with van der Waals surface area (Å²) < 4.78 is 10.1. The molecule has 1 aromatic rings. The van der Waals surface area contributed by atoms with Gasteiger partial charge in [-0.25, -0.2) is 4.79 Å². The largest absolute Gasteiger partial charge is 0.478 e. The maximum Gasteiger partial charge on any atom is 0.355 e. The molecule has 1 atom stereocenters. The number of hydrogen-bond acceptors (Lipinski definition) is 4. The van der Waals surface area contributed by atoms with Crippen LogP contribution in [0.5, 0.6) is 0 Å². The Hall–Kier alpha value is -2.10. The van der Waals surface area contributed by atoms with Gasteiger partial charge in [-0.15, -0.1) is 0 Å². The first-order valence-electron chi connectivity index (χ1n) is 5.20. The first-order chi connectivity index (χ1) is 8.19. The molecular formula is C13H12O4. The first-order valence-corrected chi connectivity index (χ1v) is 5.20. The van der Waals surface area contributed by atoms with Crippen LogP contribution in [-0.4, -0.2) is 18.9 Å². The summed E-state index contributed by atoms with van der Waals surface area (Å²) in [4.78, 5) is 23.4. The van der Waals surface area contributed by atoms with E-state index in [1.807, 2.05) is 6.07 Å². The smallest absolute Gasteiger partial charge is 0.355 e. The van der Waals surface area contributed by atoms with Gasteiger partial charge >= 0.3 is 5.97 Å². The van der Waals surface area contributed by atoms with Gasteiger partial charge in [-0.2, -0.15) is 0 Å². The van der Waals surface area contributed by atoms with Gasteiger partial charge in [0.25, 0.3) is 0 Å². The number of carbonyl (C=O) groups is 2. The molecule has 0 aromatic heterocycles. The average Bonchev–Trinajstić information content (AvgIpc) is 2.38. The van der Waals surface area contributed by atoms with Crippen LogP contribution >= 0.6 is 0 Å². The summed E-state index contributed by atoms with van der Waals surface area (Å²) in [6.45, 7) is 0. The van der Waals surface area contributed by atoms with E-state index in [2.05, 4.69) is 0 Å². The molecule has 0 radical (unpaired) electrons. The number of allylic oxidation sites excluding steroid dienone is 1. The predicted molar refractivity (Wildman–Crippen MR) is 60.0 cm³/mol. The van der Waals surface area contributed by atoms with Crippen LogP contribution in [0, 0.1) is 0 Å².